The largest absolute Gasteiger partial charge is 0.371 e. The minimum absolute atomic E-state index is 0.0745. The summed E-state index contributed by atoms with van der Waals surface area (Å²) in [6, 6.07) is 3.36. The summed E-state index contributed by atoms with van der Waals surface area (Å²) in [5.74, 6) is 1.43. The maximum Gasteiger partial charge on any atom is 0.322 e. The van der Waals surface area contributed by atoms with Gasteiger partial charge < -0.3 is 15.0 Å². The van der Waals surface area contributed by atoms with E-state index in [4.69, 9.17) is 16.3 Å². The van der Waals surface area contributed by atoms with Crippen LogP contribution in [-0.4, -0.2) is 41.2 Å². The minimum Gasteiger partial charge on any atom is -0.371 e. The first-order chi connectivity index (χ1) is 10.6. The number of nitrogens with zero attached hydrogens (tertiary/aromatic N) is 2. The van der Waals surface area contributed by atoms with E-state index in [2.05, 4.69) is 10.3 Å². The third-order valence-electron chi connectivity index (χ3n) is 5.39. The number of carbonyl (C=O) groups is 1. The second kappa shape index (κ2) is 5.39. The number of amides is 2. The maximum atomic E-state index is 12.5. The Morgan fingerprint density at radius 1 is 1.45 bits per heavy atom. The van der Waals surface area contributed by atoms with Crippen molar-refractivity contribution < 1.29 is 9.53 Å². The van der Waals surface area contributed by atoms with Gasteiger partial charge >= 0.3 is 6.03 Å². The summed E-state index contributed by atoms with van der Waals surface area (Å²) < 4.78 is 6.16. The van der Waals surface area contributed by atoms with Crippen LogP contribution in [0.2, 0.25) is 5.15 Å². The van der Waals surface area contributed by atoms with Crippen LogP contribution in [0, 0.1) is 11.8 Å². The van der Waals surface area contributed by atoms with Gasteiger partial charge in [-0.3, -0.25) is 0 Å². The van der Waals surface area contributed by atoms with Crippen molar-refractivity contribution >= 4 is 23.3 Å². The third kappa shape index (κ3) is 2.46. The fourth-order valence-corrected chi connectivity index (χ4v) is 4.51. The molecule has 0 radical (unpaired) electrons. The van der Waals surface area contributed by atoms with Gasteiger partial charge in [-0.2, -0.15) is 0 Å². The van der Waals surface area contributed by atoms with E-state index in [1.165, 1.54) is 19.3 Å². The molecule has 0 unspecified atom stereocenters. The number of halogens is 1. The molecule has 2 bridgehead atoms. The van der Waals surface area contributed by atoms with Crippen molar-refractivity contribution in [2.24, 2.45) is 11.8 Å². The lowest BCUT2D eigenvalue weighted by atomic mass is 9.83. The fourth-order valence-electron chi connectivity index (χ4n) is 4.40. The molecule has 118 valence electrons. The highest BCUT2D eigenvalue weighted by atomic mass is 35.5. The summed E-state index contributed by atoms with van der Waals surface area (Å²) in [5, 5.41) is 3.32. The standard InChI is InChI=1S/C16H20ClN3O2/c17-14-4-3-13(9-18-14)19-15(21)20-5-6-22-16(10-20)8-11-1-2-12(16)7-11/h3-4,9,11-12H,1-2,5-8,10H2,(H,19,21)/t11-,12-,16+/m0/s1. The molecule has 1 aliphatic heterocycles. The van der Waals surface area contributed by atoms with E-state index in [1.807, 2.05) is 4.90 Å². The molecule has 2 saturated carbocycles. The molecule has 2 amide bonds. The monoisotopic (exact) mass is 321 g/mol. The second-order valence-electron chi connectivity index (χ2n) is 6.71. The molecule has 4 rings (SSSR count). The van der Waals surface area contributed by atoms with Crippen molar-refractivity contribution in [1.82, 2.24) is 9.88 Å². The van der Waals surface area contributed by atoms with E-state index >= 15 is 0 Å². The molecule has 1 saturated heterocycles. The van der Waals surface area contributed by atoms with Gasteiger partial charge in [-0.1, -0.05) is 11.6 Å². The number of hydrogen-bond donors (Lipinski definition) is 1. The Labute approximate surface area is 135 Å². The van der Waals surface area contributed by atoms with E-state index in [0.29, 0.717) is 36.5 Å². The summed E-state index contributed by atoms with van der Waals surface area (Å²) in [5.41, 5.74) is 0.583. The second-order valence-corrected chi connectivity index (χ2v) is 7.10. The first kappa shape index (κ1) is 14.3. The van der Waals surface area contributed by atoms with Gasteiger partial charge in [0.05, 0.1) is 30.6 Å². The number of carbonyl (C=O) groups excluding carboxylic acids is 1. The molecular weight excluding hydrogens is 302 g/mol. The van der Waals surface area contributed by atoms with Crippen molar-refractivity contribution in [2.45, 2.75) is 31.3 Å². The zero-order valence-corrected chi connectivity index (χ0v) is 13.2. The lowest BCUT2D eigenvalue weighted by Crippen LogP contribution is -2.57. The predicted molar refractivity (Wildman–Crippen MR) is 84.0 cm³/mol. The Morgan fingerprint density at radius 3 is 3.05 bits per heavy atom. The minimum atomic E-state index is -0.0866. The Morgan fingerprint density at radius 2 is 2.36 bits per heavy atom. The molecule has 1 aromatic rings. The highest BCUT2D eigenvalue weighted by molar-refractivity contribution is 6.29. The molecule has 5 nitrogen and oxygen atoms in total. The summed E-state index contributed by atoms with van der Waals surface area (Å²) in [7, 11) is 0. The normalized spacial score (nSPS) is 33.4. The number of ether oxygens (including phenoxy) is 1. The lowest BCUT2D eigenvalue weighted by Gasteiger charge is -2.45. The number of morpholine rings is 1. The van der Waals surface area contributed by atoms with Crippen LogP contribution >= 0.6 is 11.6 Å². The maximum absolute atomic E-state index is 12.5. The van der Waals surface area contributed by atoms with Gasteiger partial charge in [0.1, 0.15) is 5.15 Å². The van der Waals surface area contributed by atoms with Gasteiger partial charge in [-0.05, 0) is 49.7 Å². The van der Waals surface area contributed by atoms with Gasteiger partial charge in [-0.25, -0.2) is 9.78 Å². The van der Waals surface area contributed by atoms with Crippen molar-refractivity contribution in [2.75, 3.05) is 25.0 Å². The average molecular weight is 322 g/mol. The average Bonchev–Trinajstić information content (AvgIpc) is 3.10. The third-order valence-corrected chi connectivity index (χ3v) is 5.62. The zero-order chi connectivity index (χ0) is 15.2. The molecule has 1 aromatic heterocycles. The van der Waals surface area contributed by atoms with Gasteiger partial charge in [0.2, 0.25) is 0 Å². The highest BCUT2D eigenvalue weighted by Crippen LogP contribution is 2.53. The van der Waals surface area contributed by atoms with E-state index in [1.54, 1.807) is 18.3 Å². The number of rotatable bonds is 1. The molecule has 0 aromatic carbocycles. The Hall–Kier alpha value is -1.33. The van der Waals surface area contributed by atoms with Crippen LogP contribution in [0.15, 0.2) is 18.3 Å². The lowest BCUT2D eigenvalue weighted by molar-refractivity contribution is -0.126. The number of aromatic nitrogens is 1. The Kier molecular flexibility index (Phi) is 3.50. The molecule has 3 atom stereocenters. The van der Waals surface area contributed by atoms with Crippen LogP contribution < -0.4 is 5.32 Å². The quantitative estimate of drug-likeness (QED) is 0.808. The van der Waals surface area contributed by atoms with Crippen molar-refractivity contribution in [1.29, 1.82) is 0 Å². The number of pyridine rings is 1. The molecule has 3 fully saturated rings. The molecular formula is C16H20ClN3O2. The van der Waals surface area contributed by atoms with Gasteiger partial charge in [0.25, 0.3) is 0 Å². The van der Waals surface area contributed by atoms with Crippen LogP contribution in [0.4, 0.5) is 10.5 Å². The SMILES string of the molecule is O=C(Nc1ccc(Cl)nc1)N1CCO[C@]2(C[C@H]3CC[C@H]2C3)C1. The first-order valence-electron chi connectivity index (χ1n) is 7.96. The van der Waals surface area contributed by atoms with Crippen LogP contribution in [0.25, 0.3) is 0 Å². The zero-order valence-electron chi connectivity index (χ0n) is 12.4. The summed E-state index contributed by atoms with van der Waals surface area (Å²) >= 11 is 5.76. The van der Waals surface area contributed by atoms with Crippen LogP contribution in [0.1, 0.15) is 25.7 Å². The molecule has 1 N–H and O–H groups in total. The summed E-state index contributed by atoms with van der Waals surface area (Å²) in [6.07, 6.45) is 6.55. The summed E-state index contributed by atoms with van der Waals surface area (Å²) in [6.45, 7) is 1.99. The fraction of sp³-hybridized carbons (Fsp3) is 0.625. The van der Waals surface area contributed by atoms with Crippen LogP contribution in [-0.2, 0) is 4.74 Å². The number of hydrogen-bond acceptors (Lipinski definition) is 3. The van der Waals surface area contributed by atoms with E-state index < -0.39 is 0 Å². The summed E-state index contributed by atoms with van der Waals surface area (Å²) in [4.78, 5) is 18.4. The number of nitrogens with one attached hydrogen (secondary N) is 1. The number of fused-ring (bicyclic) bond motifs is 3. The molecule has 2 heterocycles. The van der Waals surface area contributed by atoms with E-state index in [9.17, 15) is 4.79 Å². The predicted octanol–water partition coefficient (Wildman–Crippen LogP) is 3.16. The molecule has 1 spiro atoms. The van der Waals surface area contributed by atoms with Gasteiger partial charge in [0, 0.05) is 6.54 Å². The first-order valence-corrected chi connectivity index (χ1v) is 8.34. The van der Waals surface area contributed by atoms with Crippen LogP contribution in [0.5, 0.6) is 0 Å². The topological polar surface area (TPSA) is 54.5 Å². The number of anilines is 1. The Balaban J connectivity index is 1.44. The molecule has 2 aliphatic carbocycles. The molecule has 6 heteroatoms. The van der Waals surface area contributed by atoms with E-state index in [-0.39, 0.29) is 11.6 Å². The smallest absolute Gasteiger partial charge is 0.322 e. The molecule has 3 aliphatic rings. The Bertz CT molecular complexity index is 579. The van der Waals surface area contributed by atoms with Crippen molar-refractivity contribution in [3.05, 3.63) is 23.5 Å². The number of urea groups is 1. The van der Waals surface area contributed by atoms with Gasteiger partial charge in [0.15, 0.2) is 0 Å². The van der Waals surface area contributed by atoms with Gasteiger partial charge in [-0.15, -0.1) is 0 Å². The van der Waals surface area contributed by atoms with Crippen molar-refractivity contribution in [3.8, 4) is 0 Å². The molecule has 22 heavy (non-hydrogen) atoms. The van der Waals surface area contributed by atoms with Crippen molar-refractivity contribution in [3.63, 3.8) is 0 Å². The highest BCUT2D eigenvalue weighted by Gasteiger charge is 2.54. The van der Waals surface area contributed by atoms with E-state index in [0.717, 1.165) is 12.3 Å². The van der Waals surface area contributed by atoms with Crippen LogP contribution in [0.3, 0.4) is 0 Å².